The Morgan fingerprint density at radius 3 is 2.64 bits per heavy atom. The molecule has 1 saturated heterocycles. The predicted molar refractivity (Wildman–Crippen MR) is 115 cm³/mol. The average molecular weight is 401 g/mol. The van der Waals surface area contributed by atoms with E-state index in [0.29, 0.717) is 13.1 Å². The summed E-state index contributed by atoms with van der Waals surface area (Å²) in [5, 5.41) is 10.7. The van der Waals surface area contributed by atoms with Crippen LogP contribution in [0.1, 0.15) is 34.0 Å². The van der Waals surface area contributed by atoms with Gasteiger partial charge in [0.1, 0.15) is 0 Å². The first-order valence-corrected chi connectivity index (χ1v) is 10.4. The van der Waals surface area contributed by atoms with E-state index >= 15 is 0 Å². The van der Waals surface area contributed by atoms with Gasteiger partial charge < -0.3 is 20.9 Å². The third-order valence-electron chi connectivity index (χ3n) is 4.67. The number of nitrogens with zero attached hydrogens (tertiary/aromatic N) is 3. The lowest BCUT2D eigenvalue weighted by Gasteiger charge is -2.17. The number of guanidine groups is 1. The first kappa shape index (κ1) is 20.1. The standard InChI is InChI=1S/C20H28N6OS/c1-14-18(28-15(2)24-14)13-23-19(21-3)22-12-16-7-6-8-17(11-16)25-20(27)26-9-4-5-10-26/h6-8,11H,4-5,9-10,12-13H2,1-3H3,(H,25,27)(H2,21,22,23). The summed E-state index contributed by atoms with van der Waals surface area (Å²) in [4.78, 5) is 24.1. The second-order valence-corrected chi connectivity index (χ2v) is 8.13. The summed E-state index contributed by atoms with van der Waals surface area (Å²) in [6, 6.07) is 7.87. The largest absolute Gasteiger partial charge is 0.352 e. The van der Waals surface area contributed by atoms with Crippen LogP contribution in [0.2, 0.25) is 0 Å². The number of hydrogen-bond donors (Lipinski definition) is 3. The number of carbonyl (C=O) groups is 1. The summed E-state index contributed by atoms with van der Waals surface area (Å²) >= 11 is 1.70. The summed E-state index contributed by atoms with van der Waals surface area (Å²) in [6.07, 6.45) is 2.17. The summed E-state index contributed by atoms with van der Waals surface area (Å²) in [5.41, 5.74) is 2.95. The van der Waals surface area contributed by atoms with Gasteiger partial charge in [0.15, 0.2) is 5.96 Å². The molecule has 1 aliphatic heterocycles. The van der Waals surface area contributed by atoms with E-state index in [0.717, 1.165) is 53.8 Å². The summed E-state index contributed by atoms with van der Waals surface area (Å²) in [7, 11) is 1.76. The van der Waals surface area contributed by atoms with E-state index in [1.807, 2.05) is 43.0 Å². The van der Waals surface area contributed by atoms with Gasteiger partial charge in [-0.3, -0.25) is 4.99 Å². The molecule has 7 nitrogen and oxygen atoms in total. The minimum absolute atomic E-state index is 0.0182. The van der Waals surface area contributed by atoms with Crippen LogP contribution in [-0.2, 0) is 13.1 Å². The average Bonchev–Trinajstić information content (AvgIpc) is 3.32. The number of aliphatic imine (C=N–C) groups is 1. The first-order chi connectivity index (χ1) is 13.5. The van der Waals surface area contributed by atoms with Crippen molar-refractivity contribution in [3.8, 4) is 0 Å². The van der Waals surface area contributed by atoms with E-state index in [4.69, 9.17) is 0 Å². The van der Waals surface area contributed by atoms with Gasteiger partial charge in [0.2, 0.25) is 0 Å². The van der Waals surface area contributed by atoms with Crippen molar-refractivity contribution >= 4 is 29.0 Å². The fraction of sp³-hybridized carbons (Fsp3) is 0.450. The van der Waals surface area contributed by atoms with Gasteiger partial charge in [-0.1, -0.05) is 12.1 Å². The van der Waals surface area contributed by atoms with Gasteiger partial charge in [-0.25, -0.2) is 9.78 Å². The molecule has 3 rings (SSSR count). The van der Waals surface area contributed by atoms with Crippen molar-refractivity contribution in [2.45, 2.75) is 39.8 Å². The number of aromatic nitrogens is 1. The van der Waals surface area contributed by atoms with Gasteiger partial charge in [-0.2, -0.15) is 0 Å². The third-order valence-corrected chi connectivity index (χ3v) is 5.74. The zero-order chi connectivity index (χ0) is 19.9. The van der Waals surface area contributed by atoms with Crippen molar-refractivity contribution in [1.82, 2.24) is 20.5 Å². The van der Waals surface area contributed by atoms with Crippen LogP contribution in [0.25, 0.3) is 0 Å². The smallest absolute Gasteiger partial charge is 0.321 e. The number of urea groups is 1. The number of benzene rings is 1. The van der Waals surface area contributed by atoms with Crippen molar-refractivity contribution in [2.24, 2.45) is 4.99 Å². The van der Waals surface area contributed by atoms with Crippen LogP contribution in [0.15, 0.2) is 29.3 Å². The third kappa shape index (κ3) is 5.45. The molecule has 3 N–H and O–H groups in total. The molecule has 1 aliphatic rings. The second kappa shape index (κ2) is 9.54. The molecule has 0 radical (unpaired) electrons. The van der Waals surface area contributed by atoms with E-state index in [1.54, 1.807) is 18.4 Å². The molecule has 2 heterocycles. The number of amides is 2. The molecule has 0 atom stereocenters. The highest BCUT2D eigenvalue weighted by molar-refractivity contribution is 7.11. The first-order valence-electron chi connectivity index (χ1n) is 9.57. The van der Waals surface area contributed by atoms with Gasteiger partial charge >= 0.3 is 6.03 Å². The molecular weight excluding hydrogens is 372 g/mol. The lowest BCUT2D eigenvalue weighted by molar-refractivity contribution is 0.222. The highest BCUT2D eigenvalue weighted by atomic mass is 32.1. The van der Waals surface area contributed by atoms with Crippen LogP contribution in [0.4, 0.5) is 10.5 Å². The molecule has 1 aromatic heterocycles. The van der Waals surface area contributed by atoms with Crippen LogP contribution < -0.4 is 16.0 Å². The topological polar surface area (TPSA) is 81.7 Å². The molecule has 2 amide bonds. The molecule has 0 unspecified atom stereocenters. The Balaban J connectivity index is 1.51. The monoisotopic (exact) mass is 400 g/mol. The lowest BCUT2D eigenvalue weighted by Crippen LogP contribution is -2.36. The van der Waals surface area contributed by atoms with Crippen molar-refractivity contribution in [1.29, 1.82) is 0 Å². The summed E-state index contributed by atoms with van der Waals surface area (Å²) < 4.78 is 0. The van der Waals surface area contributed by atoms with Crippen LogP contribution in [0.5, 0.6) is 0 Å². The van der Waals surface area contributed by atoms with E-state index in [2.05, 4.69) is 25.9 Å². The number of nitrogens with one attached hydrogen (secondary N) is 3. The Hall–Kier alpha value is -2.61. The number of hydrogen-bond acceptors (Lipinski definition) is 4. The van der Waals surface area contributed by atoms with E-state index in [1.165, 1.54) is 4.88 Å². The van der Waals surface area contributed by atoms with Gasteiger partial charge in [0.05, 0.1) is 17.2 Å². The zero-order valence-electron chi connectivity index (χ0n) is 16.7. The molecule has 0 spiro atoms. The fourth-order valence-corrected chi connectivity index (χ4v) is 4.07. The zero-order valence-corrected chi connectivity index (χ0v) is 17.5. The summed E-state index contributed by atoms with van der Waals surface area (Å²) in [5.74, 6) is 0.733. The molecule has 1 aromatic carbocycles. The summed E-state index contributed by atoms with van der Waals surface area (Å²) in [6.45, 7) is 7.04. The van der Waals surface area contributed by atoms with Gasteiger partial charge in [-0.15, -0.1) is 11.3 Å². The Kier molecular flexibility index (Phi) is 6.86. The molecular formula is C20H28N6OS. The van der Waals surface area contributed by atoms with Crippen LogP contribution >= 0.6 is 11.3 Å². The number of rotatable bonds is 5. The number of anilines is 1. The van der Waals surface area contributed by atoms with Gasteiger partial charge in [-0.05, 0) is 44.4 Å². The number of carbonyl (C=O) groups excluding carboxylic acids is 1. The number of aryl methyl sites for hydroxylation is 2. The van der Waals surface area contributed by atoms with Crippen molar-refractivity contribution in [3.05, 3.63) is 45.4 Å². The highest BCUT2D eigenvalue weighted by Gasteiger charge is 2.17. The molecule has 1 fully saturated rings. The van der Waals surface area contributed by atoms with Crippen LogP contribution in [-0.4, -0.2) is 42.0 Å². The normalized spacial score (nSPS) is 14.2. The fourth-order valence-electron chi connectivity index (χ4n) is 3.19. The molecule has 2 aromatic rings. The molecule has 0 saturated carbocycles. The maximum Gasteiger partial charge on any atom is 0.321 e. The SMILES string of the molecule is CN=C(NCc1cccc(NC(=O)N2CCCC2)c1)NCc1sc(C)nc1C. The minimum Gasteiger partial charge on any atom is -0.352 e. The predicted octanol–water partition coefficient (Wildman–Crippen LogP) is 3.25. The van der Waals surface area contributed by atoms with Crippen molar-refractivity contribution in [2.75, 3.05) is 25.5 Å². The van der Waals surface area contributed by atoms with E-state index < -0.39 is 0 Å². The molecule has 28 heavy (non-hydrogen) atoms. The van der Waals surface area contributed by atoms with Gasteiger partial charge in [0.25, 0.3) is 0 Å². The quantitative estimate of drug-likeness (QED) is 0.532. The maximum atomic E-state index is 12.3. The highest BCUT2D eigenvalue weighted by Crippen LogP contribution is 2.17. The Morgan fingerprint density at radius 1 is 1.21 bits per heavy atom. The Morgan fingerprint density at radius 2 is 1.96 bits per heavy atom. The van der Waals surface area contributed by atoms with Crippen molar-refractivity contribution < 1.29 is 4.79 Å². The lowest BCUT2D eigenvalue weighted by atomic mass is 10.2. The van der Waals surface area contributed by atoms with Crippen LogP contribution in [0.3, 0.4) is 0 Å². The van der Waals surface area contributed by atoms with E-state index in [-0.39, 0.29) is 6.03 Å². The molecule has 150 valence electrons. The maximum absolute atomic E-state index is 12.3. The van der Waals surface area contributed by atoms with Gasteiger partial charge in [0, 0.05) is 37.2 Å². The van der Waals surface area contributed by atoms with Crippen molar-refractivity contribution in [3.63, 3.8) is 0 Å². The Bertz CT molecular complexity index is 841. The molecule has 0 bridgehead atoms. The Labute approximate surface area is 170 Å². The minimum atomic E-state index is -0.0182. The molecule has 8 heteroatoms. The second-order valence-electron chi connectivity index (χ2n) is 6.85. The van der Waals surface area contributed by atoms with Crippen LogP contribution in [0, 0.1) is 13.8 Å². The van der Waals surface area contributed by atoms with E-state index in [9.17, 15) is 4.79 Å². The number of thiazole rings is 1. The number of likely N-dealkylation sites (tertiary alicyclic amines) is 1. The molecule has 0 aliphatic carbocycles.